The van der Waals surface area contributed by atoms with Crippen molar-refractivity contribution >= 4 is 17.7 Å². The molecule has 0 aliphatic rings. The van der Waals surface area contributed by atoms with Gasteiger partial charge in [-0.2, -0.15) is 0 Å². The van der Waals surface area contributed by atoms with Crippen molar-refractivity contribution in [2.24, 2.45) is 0 Å². The molecule has 0 aliphatic carbocycles. The Morgan fingerprint density at radius 1 is 1.39 bits per heavy atom. The van der Waals surface area contributed by atoms with Gasteiger partial charge in [-0.05, 0) is 11.6 Å². The van der Waals surface area contributed by atoms with E-state index in [-0.39, 0.29) is 5.97 Å². The summed E-state index contributed by atoms with van der Waals surface area (Å²) in [6.07, 6.45) is 0. The summed E-state index contributed by atoms with van der Waals surface area (Å²) < 4.78 is 9.99. The fourth-order valence-electron chi connectivity index (χ4n) is 1.43. The molecule has 0 aliphatic heterocycles. The van der Waals surface area contributed by atoms with E-state index in [4.69, 9.17) is 9.15 Å². The van der Waals surface area contributed by atoms with Crippen molar-refractivity contribution in [1.29, 1.82) is 0 Å². The fourth-order valence-corrected chi connectivity index (χ4v) is 2.24. The normalized spacial score (nSPS) is 10.3. The monoisotopic (exact) mass is 264 g/mol. The van der Waals surface area contributed by atoms with Gasteiger partial charge in [0.25, 0.3) is 5.22 Å². The first-order valence-corrected chi connectivity index (χ1v) is 6.28. The molecule has 0 N–H and O–H groups in total. The minimum Gasteiger partial charge on any atom is -0.465 e. The molecular formula is C12H12N2O3S. The summed E-state index contributed by atoms with van der Waals surface area (Å²) in [7, 11) is 1.37. The van der Waals surface area contributed by atoms with Gasteiger partial charge in [-0.1, -0.05) is 30.0 Å². The maximum absolute atomic E-state index is 11.6. The second kappa shape index (κ2) is 5.68. The van der Waals surface area contributed by atoms with E-state index in [1.54, 1.807) is 19.1 Å². The molecule has 0 fully saturated rings. The van der Waals surface area contributed by atoms with Crippen LogP contribution in [0.5, 0.6) is 0 Å². The topological polar surface area (TPSA) is 65.2 Å². The predicted octanol–water partition coefficient (Wildman–Crippen LogP) is 2.46. The predicted molar refractivity (Wildman–Crippen MR) is 66.4 cm³/mol. The molecule has 5 nitrogen and oxygen atoms in total. The molecule has 18 heavy (non-hydrogen) atoms. The third-order valence-electron chi connectivity index (χ3n) is 2.28. The molecule has 1 aromatic heterocycles. The number of aryl methyl sites for hydroxylation is 1. The van der Waals surface area contributed by atoms with Crippen LogP contribution in [0.25, 0.3) is 0 Å². The summed E-state index contributed by atoms with van der Waals surface area (Å²) in [5.74, 6) is 0.763. The van der Waals surface area contributed by atoms with E-state index in [2.05, 4.69) is 10.2 Å². The van der Waals surface area contributed by atoms with Crippen LogP contribution in [0.15, 0.2) is 33.9 Å². The van der Waals surface area contributed by atoms with Crippen molar-refractivity contribution in [1.82, 2.24) is 10.2 Å². The first kappa shape index (κ1) is 12.6. The third-order valence-corrected chi connectivity index (χ3v) is 3.15. The van der Waals surface area contributed by atoms with E-state index >= 15 is 0 Å². The molecule has 0 unspecified atom stereocenters. The number of carbonyl (C=O) groups excluding carboxylic acids is 1. The average molecular weight is 264 g/mol. The van der Waals surface area contributed by atoms with Crippen LogP contribution in [0.1, 0.15) is 21.8 Å². The van der Waals surface area contributed by atoms with E-state index in [9.17, 15) is 4.79 Å². The lowest BCUT2D eigenvalue weighted by molar-refractivity contribution is 0.0600. The van der Waals surface area contributed by atoms with Crippen LogP contribution in [0.2, 0.25) is 0 Å². The minimum atomic E-state index is -0.340. The van der Waals surface area contributed by atoms with Crippen molar-refractivity contribution in [3.8, 4) is 0 Å². The first-order chi connectivity index (χ1) is 8.70. The van der Waals surface area contributed by atoms with Gasteiger partial charge >= 0.3 is 5.97 Å². The number of esters is 1. The van der Waals surface area contributed by atoms with Gasteiger partial charge in [-0.25, -0.2) is 4.79 Å². The second-order valence-electron chi connectivity index (χ2n) is 3.52. The molecule has 1 heterocycles. The SMILES string of the molecule is COC(=O)c1ccccc1CSc1nnc(C)o1. The fraction of sp³-hybridized carbons (Fsp3) is 0.250. The highest BCUT2D eigenvalue weighted by Crippen LogP contribution is 2.23. The number of hydrogen-bond donors (Lipinski definition) is 0. The van der Waals surface area contributed by atoms with Crippen molar-refractivity contribution in [2.45, 2.75) is 17.9 Å². The Balaban J connectivity index is 2.11. The maximum atomic E-state index is 11.6. The second-order valence-corrected chi connectivity index (χ2v) is 4.45. The highest BCUT2D eigenvalue weighted by Gasteiger charge is 2.12. The molecule has 94 valence electrons. The van der Waals surface area contributed by atoms with Gasteiger partial charge in [-0.3, -0.25) is 0 Å². The smallest absolute Gasteiger partial charge is 0.338 e. The Bertz CT molecular complexity index is 554. The number of ether oxygens (including phenoxy) is 1. The number of thioether (sulfide) groups is 1. The molecule has 0 saturated carbocycles. The standard InChI is InChI=1S/C12H12N2O3S/c1-8-13-14-12(17-8)18-7-9-5-3-4-6-10(9)11(15)16-2/h3-6H,7H2,1-2H3. The summed E-state index contributed by atoms with van der Waals surface area (Å²) in [5, 5.41) is 8.12. The highest BCUT2D eigenvalue weighted by molar-refractivity contribution is 7.98. The zero-order valence-electron chi connectivity index (χ0n) is 10.0. The number of nitrogens with zero attached hydrogens (tertiary/aromatic N) is 2. The van der Waals surface area contributed by atoms with Crippen LogP contribution in [-0.4, -0.2) is 23.3 Å². The molecule has 0 radical (unpaired) electrons. The molecule has 0 spiro atoms. The van der Waals surface area contributed by atoms with Crippen LogP contribution < -0.4 is 0 Å². The largest absolute Gasteiger partial charge is 0.465 e. The van der Waals surface area contributed by atoms with Crippen LogP contribution in [-0.2, 0) is 10.5 Å². The third kappa shape index (κ3) is 2.89. The van der Waals surface area contributed by atoms with Crippen LogP contribution in [0, 0.1) is 6.92 Å². The van der Waals surface area contributed by atoms with Gasteiger partial charge in [0.05, 0.1) is 12.7 Å². The zero-order chi connectivity index (χ0) is 13.0. The number of methoxy groups -OCH3 is 1. The van der Waals surface area contributed by atoms with Gasteiger partial charge in [0.15, 0.2) is 0 Å². The number of carbonyl (C=O) groups is 1. The van der Waals surface area contributed by atoms with E-state index in [1.807, 2.05) is 12.1 Å². The Hall–Kier alpha value is -1.82. The summed E-state index contributed by atoms with van der Waals surface area (Å²) in [5.41, 5.74) is 1.44. The maximum Gasteiger partial charge on any atom is 0.338 e. The van der Waals surface area contributed by atoms with Gasteiger partial charge in [0.1, 0.15) is 0 Å². The van der Waals surface area contributed by atoms with Crippen LogP contribution >= 0.6 is 11.8 Å². The Labute approximate surface area is 109 Å². The molecule has 2 rings (SSSR count). The van der Waals surface area contributed by atoms with Crippen molar-refractivity contribution < 1.29 is 13.9 Å². The minimum absolute atomic E-state index is 0.340. The molecule has 2 aromatic rings. The summed E-state index contributed by atoms with van der Waals surface area (Å²) in [6, 6.07) is 7.29. The lowest BCUT2D eigenvalue weighted by Gasteiger charge is -2.05. The van der Waals surface area contributed by atoms with E-state index in [0.717, 1.165) is 5.56 Å². The van der Waals surface area contributed by atoms with E-state index in [1.165, 1.54) is 18.9 Å². The van der Waals surface area contributed by atoms with E-state index in [0.29, 0.717) is 22.4 Å². The zero-order valence-corrected chi connectivity index (χ0v) is 10.9. The lowest BCUT2D eigenvalue weighted by Crippen LogP contribution is -2.04. The van der Waals surface area contributed by atoms with Gasteiger partial charge in [-0.15, -0.1) is 10.2 Å². The quantitative estimate of drug-likeness (QED) is 0.624. The number of benzene rings is 1. The summed E-state index contributed by atoms with van der Waals surface area (Å²) in [4.78, 5) is 11.6. The molecule has 0 bridgehead atoms. The molecule has 0 amide bonds. The summed E-state index contributed by atoms with van der Waals surface area (Å²) >= 11 is 1.39. The van der Waals surface area contributed by atoms with Crippen molar-refractivity contribution in [3.63, 3.8) is 0 Å². The Kier molecular flexibility index (Phi) is 3.99. The molecule has 6 heteroatoms. The van der Waals surface area contributed by atoms with Crippen LogP contribution in [0.3, 0.4) is 0 Å². The Morgan fingerprint density at radius 3 is 2.83 bits per heavy atom. The van der Waals surface area contributed by atoms with E-state index < -0.39 is 0 Å². The van der Waals surface area contributed by atoms with Gasteiger partial charge in [0.2, 0.25) is 5.89 Å². The molecule has 1 aromatic carbocycles. The first-order valence-electron chi connectivity index (χ1n) is 5.30. The Morgan fingerprint density at radius 2 is 2.17 bits per heavy atom. The van der Waals surface area contributed by atoms with Gasteiger partial charge < -0.3 is 9.15 Å². The number of aromatic nitrogens is 2. The molecule has 0 atom stereocenters. The number of rotatable bonds is 4. The van der Waals surface area contributed by atoms with Crippen molar-refractivity contribution in [2.75, 3.05) is 7.11 Å². The summed E-state index contributed by atoms with van der Waals surface area (Å²) in [6.45, 7) is 1.74. The average Bonchev–Trinajstić information content (AvgIpc) is 2.81. The molecule has 0 saturated heterocycles. The van der Waals surface area contributed by atoms with Crippen LogP contribution in [0.4, 0.5) is 0 Å². The van der Waals surface area contributed by atoms with Gasteiger partial charge in [0, 0.05) is 12.7 Å². The lowest BCUT2D eigenvalue weighted by atomic mass is 10.1. The molecular weight excluding hydrogens is 252 g/mol. The van der Waals surface area contributed by atoms with Crippen molar-refractivity contribution in [3.05, 3.63) is 41.3 Å². The number of hydrogen-bond acceptors (Lipinski definition) is 6. The highest BCUT2D eigenvalue weighted by atomic mass is 32.2.